The topological polar surface area (TPSA) is 9.23 Å². The fraction of sp³-hybridized carbons (Fsp3) is 0.538. The Hall–Kier alpha value is -0.570. The van der Waals surface area contributed by atoms with Gasteiger partial charge in [-0.3, -0.25) is 0 Å². The molecule has 3 heteroatoms. The van der Waals surface area contributed by atoms with Gasteiger partial charge in [0.1, 0.15) is 0 Å². The van der Waals surface area contributed by atoms with Crippen LogP contribution in [-0.4, -0.2) is 11.9 Å². The Morgan fingerprint density at radius 2 is 2.25 bits per heavy atom. The monoisotopic (exact) mass is 286 g/mol. The van der Waals surface area contributed by atoms with Crippen LogP contribution in [0, 0.1) is 11.7 Å². The average Bonchev–Trinajstić information content (AvgIpc) is 2.67. The summed E-state index contributed by atoms with van der Waals surface area (Å²) in [4.78, 5) is 0.617. The van der Waals surface area contributed by atoms with Crippen LogP contribution in [0.15, 0.2) is 18.2 Å². The molecule has 0 spiro atoms. The summed E-state index contributed by atoms with van der Waals surface area (Å²) in [5.74, 6) is 0.764. The second-order valence-electron chi connectivity index (χ2n) is 4.41. The number of ether oxygens (including phenoxy) is 1. The molecule has 0 aromatic heterocycles. The standard InChI is InChI=1S/C13H16BrFO/c1-16-12-4-2-3-10(13(12)15)7-9-5-6-11(14)8-9/h2-4,9,11H,5-8H2,1H3. The van der Waals surface area contributed by atoms with Crippen molar-refractivity contribution in [3.05, 3.63) is 29.6 Å². The summed E-state index contributed by atoms with van der Waals surface area (Å²) >= 11 is 3.62. The molecule has 1 aliphatic rings. The van der Waals surface area contributed by atoms with Gasteiger partial charge in [-0.2, -0.15) is 0 Å². The van der Waals surface area contributed by atoms with Gasteiger partial charge in [0.05, 0.1) is 7.11 Å². The van der Waals surface area contributed by atoms with Gasteiger partial charge in [0, 0.05) is 4.83 Å². The molecule has 1 aromatic carbocycles. The van der Waals surface area contributed by atoms with E-state index in [4.69, 9.17) is 4.74 Å². The molecule has 2 rings (SSSR count). The molecule has 1 aliphatic carbocycles. The lowest BCUT2D eigenvalue weighted by Crippen LogP contribution is -2.03. The van der Waals surface area contributed by atoms with Crippen molar-refractivity contribution in [3.8, 4) is 5.75 Å². The molecule has 1 nitrogen and oxygen atoms in total. The van der Waals surface area contributed by atoms with Crippen LogP contribution in [0.2, 0.25) is 0 Å². The van der Waals surface area contributed by atoms with Crippen molar-refractivity contribution in [3.63, 3.8) is 0 Å². The maximum absolute atomic E-state index is 13.9. The zero-order valence-corrected chi connectivity index (χ0v) is 11.0. The van der Waals surface area contributed by atoms with Crippen LogP contribution >= 0.6 is 15.9 Å². The zero-order chi connectivity index (χ0) is 11.5. The van der Waals surface area contributed by atoms with Crippen LogP contribution in [0.1, 0.15) is 24.8 Å². The highest BCUT2D eigenvalue weighted by molar-refractivity contribution is 9.09. The van der Waals surface area contributed by atoms with E-state index < -0.39 is 0 Å². The van der Waals surface area contributed by atoms with Gasteiger partial charge in [-0.05, 0) is 43.2 Å². The Morgan fingerprint density at radius 3 is 2.88 bits per heavy atom. The molecule has 2 unspecified atom stereocenters. The Bertz CT molecular complexity index is 367. The van der Waals surface area contributed by atoms with Gasteiger partial charge in [0.25, 0.3) is 0 Å². The zero-order valence-electron chi connectivity index (χ0n) is 9.38. The number of hydrogen-bond donors (Lipinski definition) is 0. The van der Waals surface area contributed by atoms with E-state index in [1.807, 2.05) is 12.1 Å². The molecule has 0 amide bonds. The third-order valence-electron chi connectivity index (χ3n) is 3.25. The average molecular weight is 287 g/mol. The molecular weight excluding hydrogens is 271 g/mol. The molecule has 1 fully saturated rings. The molecule has 0 radical (unpaired) electrons. The second kappa shape index (κ2) is 5.17. The van der Waals surface area contributed by atoms with Crippen LogP contribution in [0.25, 0.3) is 0 Å². The molecule has 1 saturated carbocycles. The highest BCUT2D eigenvalue weighted by Crippen LogP contribution is 2.34. The smallest absolute Gasteiger partial charge is 0.168 e. The number of benzene rings is 1. The first kappa shape index (κ1) is 11.9. The van der Waals surface area contributed by atoms with Crippen molar-refractivity contribution in [2.45, 2.75) is 30.5 Å². The van der Waals surface area contributed by atoms with Crippen molar-refractivity contribution in [2.24, 2.45) is 5.92 Å². The minimum absolute atomic E-state index is 0.192. The van der Waals surface area contributed by atoms with Gasteiger partial charge in [-0.1, -0.05) is 28.1 Å². The van der Waals surface area contributed by atoms with Gasteiger partial charge in [0.2, 0.25) is 0 Å². The lowest BCUT2D eigenvalue weighted by molar-refractivity contribution is 0.382. The summed E-state index contributed by atoms with van der Waals surface area (Å²) < 4.78 is 18.9. The molecule has 1 aromatic rings. The fourth-order valence-corrected chi connectivity index (χ4v) is 3.17. The van der Waals surface area contributed by atoms with E-state index in [9.17, 15) is 4.39 Å². The number of rotatable bonds is 3. The maximum Gasteiger partial charge on any atom is 0.168 e. The van der Waals surface area contributed by atoms with Crippen LogP contribution < -0.4 is 4.74 Å². The molecule has 88 valence electrons. The molecule has 0 aliphatic heterocycles. The molecular formula is C13H16BrFO. The van der Waals surface area contributed by atoms with Crippen molar-refractivity contribution in [1.82, 2.24) is 0 Å². The SMILES string of the molecule is COc1cccc(CC2CCC(Br)C2)c1F. The van der Waals surface area contributed by atoms with E-state index in [-0.39, 0.29) is 5.82 Å². The first-order valence-corrected chi connectivity index (χ1v) is 6.57. The number of methoxy groups -OCH3 is 1. The Kier molecular flexibility index (Phi) is 3.85. The highest BCUT2D eigenvalue weighted by Gasteiger charge is 2.24. The van der Waals surface area contributed by atoms with Crippen molar-refractivity contribution < 1.29 is 9.13 Å². The first-order valence-electron chi connectivity index (χ1n) is 5.66. The summed E-state index contributed by atoms with van der Waals surface area (Å²) in [6.07, 6.45) is 4.37. The summed E-state index contributed by atoms with van der Waals surface area (Å²) in [5, 5.41) is 0. The minimum atomic E-state index is -0.192. The van der Waals surface area contributed by atoms with E-state index in [0.29, 0.717) is 16.5 Å². The van der Waals surface area contributed by atoms with Crippen molar-refractivity contribution in [1.29, 1.82) is 0 Å². The summed E-state index contributed by atoms with van der Waals surface area (Å²) in [6, 6.07) is 5.39. The first-order chi connectivity index (χ1) is 7.70. The second-order valence-corrected chi connectivity index (χ2v) is 5.71. The van der Waals surface area contributed by atoms with Gasteiger partial charge in [0.15, 0.2) is 11.6 Å². The van der Waals surface area contributed by atoms with Crippen LogP contribution in [0.5, 0.6) is 5.75 Å². The number of hydrogen-bond acceptors (Lipinski definition) is 1. The highest BCUT2D eigenvalue weighted by atomic mass is 79.9. The van der Waals surface area contributed by atoms with E-state index in [1.54, 1.807) is 6.07 Å². The molecule has 0 saturated heterocycles. The predicted octanol–water partition coefficient (Wildman–Crippen LogP) is 3.94. The summed E-state index contributed by atoms with van der Waals surface area (Å²) in [7, 11) is 1.51. The van der Waals surface area contributed by atoms with Gasteiger partial charge in [-0.25, -0.2) is 4.39 Å². The molecule has 0 bridgehead atoms. The Balaban J connectivity index is 2.09. The van der Waals surface area contributed by atoms with Crippen LogP contribution in [0.3, 0.4) is 0 Å². The van der Waals surface area contributed by atoms with Crippen LogP contribution in [-0.2, 0) is 6.42 Å². The van der Waals surface area contributed by atoms with Gasteiger partial charge >= 0.3 is 0 Å². The lowest BCUT2D eigenvalue weighted by atomic mass is 9.97. The van der Waals surface area contributed by atoms with Crippen molar-refractivity contribution in [2.75, 3.05) is 7.11 Å². The Morgan fingerprint density at radius 1 is 1.44 bits per heavy atom. The lowest BCUT2D eigenvalue weighted by Gasteiger charge is -2.11. The maximum atomic E-state index is 13.9. The fourth-order valence-electron chi connectivity index (χ4n) is 2.38. The molecule has 2 atom stereocenters. The number of alkyl halides is 1. The van der Waals surface area contributed by atoms with E-state index >= 15 is 0 Å². The molecule has 0 heterocycles. The predicted molar refractivity (Wildman–Crippen MR) is 66.7 cm³/mol. The van der Waals surface area contributed by atoms with E-state index in [2.05, 4.69) is 15.9 Å². The summed E-state index contributed by atoms with van der Waals surface area (Å²) in [6.45, 7) is 0. The Labute approximate surface area is 104 Å². The van der Waals surface area contributed by atoms with Crippen LogP contribution in [0.4, 0.5) is 4.39 Å². The van der Waals surface area contributed by atoms with Gasteiger partial charge in [-0.15, -0.1) is 0 Å². The molecule has 0 N–H and O–H groups in total. The third-order valence-corrected chi connectivity index (χ3v) is 4.08. The molecule has 16 heavy (non-hydrogen) atoms. The largest absolute Gasteiger partial charge is 0.494 e. The minimum Gasteiger partial charge on any atom is -0.494 e. The van der Waals surface area contributed by atoms with Crippen molar-refractivity contribution >= 4 is 15.9 Å². The quantitative estimate of drug-likeness (QED) is 0.765. The normalized spacial score (nSPS) is 24.7. The van der Waals surface area contributed by atoms with Gasteiger partial charge < -0.3 is 4.74 Å². The summed E-state index contributed by atoms with van der Waals surface area (Å²) in [5.41, 5.74) is 0.783. The van der Waals surface area contributed by atoms with E-state index in [1.165, 1.54) is 20.0 Å². The number of halogens is 2. The third kappa shape index (κ3) is 2.57. The van der Waals surface area contributed by atoms with E-state index in [0.717, 1.165) is 18.4 Å².